The van der Waals surface area contributed by atoms with Gasteiger partial charge in [0.2, 0.25) is 0 Å². The van der Waals surface area contributed by atoms with Crippen molar-refractivity contribution < 1.29 is 8.78 Å². The van der Waals surface area contributed by atoms with Gasteiger partial charge in [0.1, 0.15) is 23.3 Å². The van der Waals surface area contributed by atoms with Gasteiger partial charge in [0.25, 0.3) is 11.1 Å². The maximum Gasteiger partial charge on any atom is 0.261 e. The molecule has 2 aliphatic rings. The van der Waals surface area contributed by atoms with E-state index >= 15 is 0 Å². The molecule has 1 N–H and O–H groups in total. The Labute approximate surface area is 338 Å². The lowest BCUT2D eigenvalue weighted by Crippen LogP contribution is -2.29. The number of benzene rings is 4. The lowest BCUT2D eigenvalue weighted by Gasteiger charge is -2.16. The smallest absolute Gasteiger partial charge is 0.261 e. The van der Waals surface area contributed by atoms with Crippen LogP contribution < -0.4 is 16.4 Å². The minimum Gasteiger partial charge on any atom is -0.315 e. The molecular weight excluding hydrogens is 786 g/mol. The molecular formula is C46H41BrF2N6O2. The van der Waals surface area contributed by atoms with Crippen LogP contribution in [0.15, 0.2) is 120 Å². The summed E-state index contributed by atoms with van der Waals surface area (Å²) in [5.41, 5.74) is 4.01. The van der Waals surface area contributed by atoms with E-state index in [-0.39, 0.29) is 22.8 Å². The van der Waals surface area contributed by atoms with Crippen molar-refractivity contribution in [3.05, 3.63) is 176 Å². The standard InChI is InChI=1S/C23H20FN3O.C20H16FN3O.C3H5Br/c1-2-11-26-12-10-22-25-21-16-18(7-6-17-4-3-5-19(24)15-17)8-9-20(21)23(28)27(22)14-13-26;21-16-3-1-2-14(12-16)4-5-15-6-7-17-18(13-15)23-19-8-9-22-10-11-24(19)20(17)25;1-2-3-4/h2-5,8-9,15-16H,1,10-14H2;1-3,6-7,12-13,22H,8-11H2;2H,1,3H2. The SMILES string of the molecule is C=CCBr.C=CCN1CCc2nc3cc(C#Cc4cccc(F)c4)ccc3c(=O)n2CC1.O=c1c2ccc(C#Cc3cccc(F)c3)cc2nc2n1CCNCC2. The second kappa shape index (κ2) is 19.7. The van der Waals surface area contributed by atoms with E-state index in [2.05, 4.69) is 68.0 Å². The van der Waals surface area contributed by atoms with Crippen molar-refractivity contribution >= 4 is 37.7 Å². The molecule has 0 saturated carbocycles. The van der Waals surface area contributed by atoms with Gasteiger partial charge in [-0.05, 0) is 72.8 Å². The van der Waals surface area contributed by atoms with Crippen molar-refractivity contribution in [2.75, 3.05) is 38.1 Å². The zero-order valence-electron chi connectivity index (χ0n) is 31.4. The number of halogens is 3. The van der Waals surface area contributed by atoms with Crippen LogP contribution in [0, 0.1) is 35.3 Å². The number of rotatable bonds is 3. The third kappa shape index (κ3) is 10.7. The Morgan fingerprint density at radius 3 is 1.67 bits per heavy atom. The van der Waals surface area contributed by atoms with Crippen molar-refractivity contribution in [2.24, 2.45) is 0 Å². The molecule has 6 aromatic rings. The van der Waals surface area contributed by atoms with Crippen LogP contribution in [0.2, 0.25) is 0 Å². The van der Waals surface area contributed by atoms with Gasteiger partial charge in [-0.25, -0.2) is 18.7 Å². The van der Waals surface area contributed by atoms with Crippen molar-refractivity contribution in [1.82, 2.24) is 29.3 Å². The number of hydrogen-bond acceptors (Lipinski definition) is 6. The molecule has 288 valence electrons. The highest BCUT2D eigenvalue weighted by atomic mass is 79.9. The highest BCUT2D eigenvalue weighted by Crippen LogP contribution is 2.15. The number of hydrogen-bond donors (Lipinski definition) is 1. The van der Waals surface area contributed by atoms with Crippen LogP contribution in [-0.4, -0.2) is 62.1 Å². The Balaban J connectivity index is 0.000000177. The number of nitrogens with one attached hydrogen (secondary N) is 1. The molecule has 57 heavy (non-hydrogen) atoms. The predicted octanol–water partition coefficient (Wildman–Crippen LogP) is 6.63. The van der Waals surface area contributed by atoms with Gasteiger partial charge < -0.3 is 5.32 Å². The zero-order chi connectivity index (χ0) is 40.1. The maximum atomic E-state index is 13.3. The first kappa shape index (κ1) is 40.7. The van der Waals surface area contributed by atoms with Crippen LogP contribution in [0.3, 0.4) is 0 Å². The highest BCUT2D eigenvalue weighted by molar-refractivity contribution is 9.09. The van der Waals surface area contributed by atoms with Gasteiger partial charge in [0, 0.05) is 86.2 Å². The van der Waals surface area contributed by atoms with Gasteiger partial charge in [-0.15, -0.1) is 13.2 Å². The van der Waals surface area contributed by atoms with Gasteiger partial charge in [0.05, 0.1) is 21.8 Å². The van der Waals surface area contributed by atoms with E-state index in [9.17, 15) is 18.4 Å². The lowest BCUT2D eigenvalue weighted by molar-refractivity contribution is 0.309. The van der Waals surface area contributed by atoms with E-state index in [1.165, 1.54) is 24.3 Å². The average molecular weight is 828 g/mol. The van der Waals surface area contributed by atoms with Gasteiger partial charge in [-0.2, -0.15) is 0 Å². The Bertz CT molecular complexity index is 2680. The van der Waals surface area contributed by atoms with Crippen LogP contribution in [0.4, 0.5) is 8.78 Å². The first-order valence-electron chi connectivity index (χ1n) is 18.6. The molecule has 0 bridgehead atoms. The fraction of sp³-hybridized carbons (Fsp3) is 0.217. The summed E-state index contributed by atoms with van der Waals surface area (Å²) in [5, 5.41) is 5.37. The molecule has 0 spiro atoms. The van der Waals surface area contributed by atoms with E-state index in [4.69, 9.17) is 4.98 Å². The Kier molecular flexibility index (Phi) is 14.1. The lowest BCUT2D eigenvalue weighted by atomic mass is 10.1. The second-order valence-corrected chi connectivity index (χ2v) is 13.9. The topological polar surface area (TPSA) is 85.1 Å². The van der Waals surface area contributed by atoms with E-state index in [1.54, 1.807) is 57.7 Å². The van der Waals surface area contributed by atoms with Crippen molar-refractivity contribution in [3.63, 3.8) is 0 Å². The molecule has 0 saturated heterocycles. The summed E-state index contributed by atoms with van der Waals surface area (Å²) in [6, 6.07) is 23.2. The summed E-state index contributed by atoms with van der Waals surface area (Å²) < 4.78 is 30.0. The monoisotopic (exact) mass is 826 g/mol. The molecule has 0 radical (unpaired) electrons. The minimum absolute atomic E-state index is 0.00617. The molecule has 0 fully saturated rings. The first-order chi connectivity index (χ1) is 27.8. The maximum absolute atomic E-state index is 13.3. The quantitative estimate of drug-likeness (QED) is 0.123. The molecule has 0 atom stereocenters. The van der Waals surface area contributed by atoms with Gasteiger partial charge >= 0.3 is 0 Å². The van der Waals surface area contributed by atoms with Gasteiger partial charge in [-0.1, -0.05) is 63.9 Å². The third-order valence-electron chi connectivity index (χ3n) is 9.25. The molecule has 8 nitrogen and oxygen atoms in total. The van der Waals surface area contributed by atoms with Gasteiger partial charge in [0.15, 0.2) is 0 Å². The largest absolute Gasteiger partial charge is 0.315 e. The number of alkyl halides is 1. The molecule has 2 aliphatic heterocycles. The van der Waals surface area contributed by atoms with E-state index in [0.29, 0.717) is 46.0 Å². The van der Waals surface area contributed by atoms with Gasteiger partial charge in [-0.3, -0.25) is 23.6 Å². The second-order valence-electron chi connectivity index (χ2n) is 13.2. The molecule has 4 heterocycles. The zero-order valence-corrected chi connectivity index (χ0v) is 33.0. The minimum atomic E-state index is -0.312. The van der Waals surface area contributed by atoms with Crippen molar-refractivity contribution in [2.45, 2.75) is 25.9 Å². The average Bonchev–Trinajstić information content (AvgIpc) is 3.59. The van der Waals surface area contributed by atoms with E-state index in [1.807, 2.05) is 24.3 Å². The molecule has 0 aliphatic carbocycles. The van der Waals surface area contributed by atoms with Crippen LogP contribution in [0.25, 0.3) is 21.8 Å². The van der Waals surface area contributed by atoms with Crippen LogP contribution in [0.5, 0.6) is 0 Å². The van der Waals surface area contributed by atoms with Crippen molar-refractivity contribution in [1.29, 1.82) is 0 Å². The molecule has 8 rings (SSSR count). The van der Waals surface area contributed by atoms with E-state index in [0.717, 1.165) is 73.7 Å². The van der Waals surface area contributed by atoms with Crippen LogP contribution in [0.1, 0.15) is 33.9 Å². The number of aromatic nitrogens is 4. The van der Waals surface area contributed by atoms with E-state index < -0.39 is 0 Å². The Morgan fingerprint density at radius 1 is 0.649 bits per heavy atom. The molecule has 11 heteroatoms. The summed E-state index contributed by atoms with van der Waals surface area (Å²) in [6.45, 7) is 12.5. The fourth-order valence-corrected chi connectivity index (χ4v) is 6.45. The summed E-state index contributed by atoms with van der Waals surface area (Å²) in [4.78, 5) is 37.3. The van der Waals surface area contributed by atoms with Crippen LogP contribution >= 0.6 is 15.9 Å². The van der Waals surface area contributed by atoms with Crippen molar-refractivity contribution in [3.8, 4) is 23.7 Å². The molecule has 0 unspecified atom stereocenters. The molecule has 2 aromatic heterocycles. The number of allylic oxidation sites excluding steroid dienone is 1. The Morgan fingerprint density at radius 2 is 1.16 bits per heavy atom. The highest BCUT2D eigenvalue weighted by Gasteiger charge is 2.17. The van der Waals surface area contributed by atoms with Crippen LogP contribution in [-0.2, 0) is 25.9 Å². The summed E-state index contributed by atoms with van der Waals surface area (Å²) in [6.07, 6.45) is 5.12. The third-order valence-corrected chi connectivity index (χ3v) is 9.70. The Hall–Kier alpha value is -5.98. The first-order valence-corrected chi connectivity index (χ1v) is 19.7. The normalized spacial score (nSPS) is 13.3. The number of fused-ring (bicyclic) bond motifs is 4. The summed E-state index contributed by atoms with van der Waals surface area (Å²) in [5.74, 6) is 12.9. The predicted molar refractivity (Wildman–Crippen MR) is 228 cm³/mol. The summed E-state index contributed by atoms with van der Waals surface area (Å²) in [7, 11) is 0. The number of nitrogens with zero attached hydrogens (tertiary/aromatic N) is 5. The summed E-state index contributed by atoms with van der Waals surface area (Å²) >= 11 is 3.13. The molecule has 4 aromatic carbocycles. The molecule has 0 amide bonds. The fourth-order valence-electron chi connectivity index (χ4n) is 6.45.